The zero-order valence-electron chi connectivity index (χ0n) is 9.00. The monoisotopic (exact) mass is 190 g/mol. The van der Waals surface area contributed by atoms with Crippen molar-refractivity contribution >= 4 is 11.9 Å². The van der Waals surface area contributed by atoms with E-state index >= 15 is 0 Å². The molecule has 74 valence electrons. The Kier molecular flexibility index (Phi) is 6.90. The van der Waals surface area contributed by atoms with E-state index in [1.54, 1.807) is 0 Å². The fourth-order valence-electron chi connectivity index (χ4n) is 1.02. The molecule has 0 unspecified atom stereocenters. The molecule has 0 saturated carbocycles. The summed E-state index contributed by atoms with van der Waals surface area (Å²) in [6.07, 6.45) is 1.25. The van der Waals surface area contributed by atoms with E-state index in [9.17, 15) is 0 Å². The summed E-state index contributed by atoms with van der Waals surface area (Å²) in [4.78, 5) is 2.23. The van der Waals surface area contributed by atoms with Gasteiger partial charge in [-0.05, 0) is 34.1 Å². The van der Waals surface area contributed by atoms with Crippen molar-refractivity contribution in [3.8, 4) is 0 Å². The van der Waals surface area contributed by atoms with Crippen molar-refractivity contribution < 1.29 is 0 Å². The molecule has 2 nitrogen and oxygen atoms in total. The summed E-state index contributed by atoms with van der Waals surface area (Å²) in [7, 11) is 6.41. The van der Waals surface area contributed by atoms with Gasteiger partial charge in [0.2, 0.25) is 0 Å². The third-order valence-corrected chi connectivity index (χ3v) is 2.43. The molecule has 0 heterocycles. The highest BCUT2D eigenvalue weighted by Gasteiger charge is 2.01. The normalized spacial score (nSPS) is 12.0. The van der Waals surface area contributed by atoms with Gasteiger partial charge >= 0.3 is 0 Å². The van der Waals surface area contributed by atoms with Crippen LogP contribution in [-0.2, 0) is 0 Å². The smallest absolute Gasteiger partial charge is 0.0138 e. The molecule has 0 bridgehead atoms. The van der Waals surface area contributed by atoms with Crippen LogP contribution < -0.4 is 0 Å². The van der Waals surface area contributed by atoms with E-state index in [4.69, 9.17) is 0 Å². The minimum atomic E-state index is 0.703. The topological polar surface area (TPSA) is 6.48 Å². The van der Waals surface area contributed by atoms with Crippen molar-refractivity contribution in [1.82, 2.24) is 9.21 Å². The summed E-state index contributed by atoms with van der Waals surface area (Å²) in [5, 5.41) is 0.703. The van der Waals surface area contributed by atoms with E-state index in [1.807, 2.05) is 11.9 Å². The lowest BCUT2D eigenvalue weighted by Crippen LogP contribution is -2.20. The van der Waals surface area contributed by atoms with E-state index in [0.29, 0.717) is 5.25 Å². The molecule has 0 rings (SSSR count). The number of hydrogen-bond donors (Lipinski definition) is 0. The van der Waals surface area contributed by atoms with Crippen LogP contribution in [0.25, 0.3) is 0 Å². The van der Waals surface area contributed by atoms with E-state index in [2.05, 4.69) is 44.2 Å². The van der Waals surface area contributed by atoms with Crippen LogP contribution in [0.1, 0.15) is 20.3 Å². The van der Waals surface area contributed by atoms with Crippen LogP contribution in [0.3, 0.4) is 0 Å². The van der Waals surface area contributed by atoms with Gasteiger partial charge in [0, 0.05) is 11.8 Å². The summed E-state index contributed by atoms with van der Waals surface area (Å²) in [6, 6.07) is 0. The number of rotatable bonds is 6. The Morgan fingerprint density at radius 3 is 2.08 bits per heavy atom. The zero-order chi connectivity index (χ0) is 9.56. The van der Waals surface area contributed by atoms with Gasteiger partial charge in [-0.2, -0.15) is 0 Å². The fraction of sp³-hybridized carbons (Fsp3) is 1.00. The molecular weight excluding hydrogens is 168 g/mol. The first-order valence-electron chi connectivity index (χ1n) is 4.55. The number of hydrogen-bond acceptors (Lipinski definition) is 3. The Morgan fingerprint density at radius 2 is 1.67 bits per heavy atom. The second kappa shape index (κ2) is 6.75. The third kappa shape index (κ3) is 8.37. The molecule has 0 amide bonds. The van der Waals surface area contributed by atoms with Crippen LogP contribution >= 0.6 is 11.9 Å². The van der Waals surface area contributed by atoms with Crippen LogP contribution in [0.2, 0.25) is 0 Å². The summed E-state index contributed by atoms with van der Waals surface area (Å²) < 4.78 is 2.33. The molecule has 0 radical (unpaired) electrons. The van der Waals surface area contributed by atoms with Crippen molar-refractivity contribution in [2.24, 2.45) is 0 Å². The Balaban J connectivity index is 3.25. The van der Waals surface area contributed by atoms with Gasteiger partial charge in [0.05, 0.1) is 0 Å². The Labute approximate surface area is 81.4 Å². The molecule has 0 aromatic carbocycles. The molecular formula is C9H22N2S. The highest BCUT2D eigenvalue weighted by molar-refractivity contribution is 7.97. The maximum atomic E-state index is 2.33. The minimum Gasteiger partial charge on any atom is -0.309 e. The average Bonchev–Trinajstić information content (AvgIpc) is 1.84. The van der Waals surface area contributed by atoms with Crippen molar-refractivity contribution in [3.05, 3.63) is 0 Å². The molecule has 12 heavy (non-hydrogen) atoms. The highest BCUT2D eigenvalue weighted by Crippen LogP contribution is 2.13. The lowest BCUT2D eigenvalue weighted by molar-refractivity contribution is 0.379. The minimum absolute atomic E-state index is 0.703. The Hall–Kier alpha value is 0.270. The molecule has 0 atom stereocenters. The molecule has 0 spiro atoms. The summed E-state index contributed by atoms with van der Waals surface area (Å²) in [5.74, 6) is 0. The molecule has 0 fully saturated rings. The van der Waals surface area contributed by atoms with Crippen molar-refractivity contribution in [1.29, 1.82) is 0 Å². The SMILES string of the molecule is CC(C)SN(C)CCCN(C)C. The van der Waals surface area contributed by atoms with Gasteiger partial charge in [0.15, 0.2) is 0 Å². The molecule has 0 aliphatic rings. The van der Waals surface area contributed by atoms with Crippen molar-refractivity contribution in [2.75, 3.05) is 34.2 Å². The first-order valence-corrected chi connectivity index (χ1v) is 5.38. The lowest BCUT2D eigenvalue weighted by atomic mass is 10.4. The van der Waals surface area contributed by atoms with Crippen LogP contribution in [-0.4, -0.2) is 48.7 Å². The van der Waals surface area contributed by atoms with Gasteiger partial charge in [0.1, 0.15) is 0 Å². The van der Waals surface area contributed by atoms with E-state index in [-0.39, 0.29) is 0 Å². The van der Waals surface area contributed by atoms with Crippen LogP contribution in [0.4, 0.5) is 0 Å². The fourth-order valence-corrected chi connectivity index (χ4v) is 1.98. The maximum Gasteiger partial charge on any atom is 0.0138 e. The van der Waals surface area contributed by atoms with Crippen molar-refractivity contribution in [2.45, 2.75) is 25.5 Å². The van der Waals surface area contributed by atoms with Gasteiger partial charge in [-0.15, -0.1) is 0 Å². The predicted molar refractivity (Wildman–Crippen MR) is 58.5 cm³/mol. The molecule has 3 heteroatoms. The quantitative estimate of drug-likeness (QED) is 0.591. The summed E-state index contributed by atoms with van der Waals surface area (Å²) in [5.41, 5.74) is 0. The third-order valence-electron chi connectivity index (χ3n) is 1.47. The van der Waals surface area contributed by atoms with Gasteiger partial charge in [-0.3, -0.25) is 4.31 Å². The largest absolute Gasteiger partial charge is 0.309 e. The Bertz CT molecular complexity index is 105. The molecule has 0 N–H and O–H groups in total. The number of nitrogens with zero attached hydrogens (tertiary/aromatic N) is 2. The summed E-state index contributed by atoms with van der Waals surface area (Å²) >= 11 is 1.92. The first-order chi connectivity index (χ1) is 5.52. The zero-order valence-corrected chi connectivity index (χ0v) is 9.82. The first kappa shape index (κ1) is 12.3. The van der Waals surface area contributed by atoms with Crippen LogP contribution in [0, 0.1) is 0 Å². The molecule has 0 saturated heterocycles. The van der Waals surface area contributed by atoms with Crippen LogP contribution in [0.5, 0.6) is 0 Å². The maximum absolute atomic E-state index is 2.33. The second-order valence-corrected chi connectivity index (χ2v) is 5.44. The molecule has 0 aliphatic carbocycles. The van der Waals surface area contributed by atoms with E-state index < -0.39 is 0 Å². The highest BCUT2D eigenvalue weighted by atomic mass is 32.2. The van der Waals surface area contributed by atoms with Gasteiger partial charge in [0.25, 0.3) is 0 Å². The van der Waals surface area contributed by atoms with Gasteiger partial charge in [-0.1, -0.05) is 25.8 Å². The van der Waals surface area contributed by atoms with Crippen molar-refractivity contribution in [3.63, 3.8) is 0 Å². The van der Waals surface area contributed by atoms with Gasteiger partial charge in [-0.25, -0.2) is 0 Å². The van der Waals surface area contributed by atoms with E-state index in [0.717, 1.165) is 0 Å². The van der Waals surface area contributed by atoms with Crippen LogP contribution in [0.15, 0.2) is 0 Å². The second-order valence-electron chi connectivity index (χ2n) is 3.66. The molecule has 0 aromatic heterocycles. The van der Waals surface area contributed by atoms with Gasteiger partial charge < -0.3 is 4.90 Å². The average molecular weight is 190 g/mol. The standard InChI is InChI=1S/C9H22N2S/c1-9(2)12-11(5)8-6-7-10(3)4/h9H,6-8H2,1-5H3. The van der Waals surface area contributed by atoms with E-state index in [1.165, 1.54) is 19.5 Å². The lowest BCUT2D eigenvalue weighted by Gasteiger charge is -2.18. The molecule has 0 aliphatic heterocycles. The predicted octanol–water partition coefficient (Wildman–Crippen LogP) is 1.93. The molecule has 0 aromatic rings. The Morgan fingerprint density at radius 1 is 1.08 bits per heavy atom. The summed E-state index contributed by atoms with van der Waals surface area (Å²) in [6.45, 7) is 6.82.